The van der Waals surface area contributed by atoms with Crippen LogP contribution in [0.15, 0.2) is 30.5 Å². The lowest BCUT2D eigenvalue weighted by molar-refractivity contribution is 0.626. The van der Waals surface area contributed by atoms with Crippen molar-refractivity contribution in [2.45, 2.75) is 13.0 Å². The molecule has 2 aromatic rings. The highest BCUT2D eigenvalue weighted by Crippen LogP contribution is 2.24. The maximum absolute atomic E-state index is 12.7. The van der Waals surface area contributed by atoms with Crippen LogP contribution in [0.5, 0.6) is 0 Å². The van der Waals surface area contributed by atoms with Crippen molar-refractivity contribution in [1.29, 1.82) is 0 Å². The zero-order chi connectivity index (χ0) is 11.5. The zero-order valence-electron chi connectivity index (χ0n) is 8.77. The zero-order valence-corrected chi connectivity index (χ0v) is 9.59. The Labute approximate surface area is 97.1 Å². The largest absolute Gasteiger partial charge is 0.389 e. The molecular weight excluding hydrogens is 225 g/mol. The van der Waals surface area contributed by atoms with Gasteiger partial charge in [0.15, 0.2) is 5.13 Å². The van der Waals surface area contributed by atoms with Gasteiger partial charge in [0.2, 0.25) is 0 Å². The predicted octanol–water partition coefficient (Wildman–Crippen LogP) is 3.04. The van der Waals surface area contributed by atoms with Gasteiger partial charge in [-0.1, -0.05) is 23.5 Å². The van der Waals surface area contributed by atoms with Crippen molar-refractivity contribution in [1.82, 2.24) is 4.98 Å². The molecule has 1 heterocycles. The van der Waals surface area contributed by atoms with Gasteiger partial charge in [-0.05, 0) is 24.6 Å². The Bertz CT molecular complexity index is 466. The number of halogens is 1. The first-order chi connectivity index (χ1) is 7.65. The van der Waals surface area contributed by atoms with E-state index in [0.717, 1.165) is 10.7 Å². The number of nitrogens with one attached hydrogen (secondary N) is 1. The second-order valence-corrected chi connectivity index (χ2v) is 4.55. The number of hydrogen-bond acceptors (Lipinski definition) is 4. The Morgan fingerprint density at radius 2 is 2.06 bits per heavy atom. The van der Waals surface area contributed by atoms with Crippen LogP contribution in [-0.4, -0.2) is 4.98 Å². The first-order valence-electron chi connectivity index (χ1n) is 4.88. The minimum absolute atomic E-state index is 0.0751. The SMILES string of the molecule is CC(Nc1ncc(N)s1)c1ccc(F)cc1. The molecular formula is C11H12FN3S. The van der Waals surface area contributed by atoms with Crippen molar-refractivity contribution < 1.29 is 4.39 Å². The Morgan fingerprint density at radius 3 is 2.62 bits per heavy atom. The Kier molecular flexibility index (Phi) is 3.05. The summed E-state index contributed by atoms with van der Waals surface area (Å²) < 4.78 is 12.7. The monoisotopic (exact) mass is 237 g/mol. The molecule has 0 aliphatic rings. The van der Waals surface area contributed by atoms with E-state index in [0.29, 0.717) is 5.00 Å². The maximum atomic E-state index is 12.7. The smallest absolute Gasteiger partial charge is 0.185 e. The fraction of sp³-hybridized carbons (Fsp3) is 0.182. The van der Waals surface area contributed by atoms with E-state index in [1.54, 1.807) is 18.3 Å². The average molecular weight is 237 g/mol. The van der Waals surface area contributed by atoms with Crippen LogP contribution in [-0.2, 0) is 0 Å². The van der Waals surface area contributed by atoms with E-state index in [4.69, 9.17) is 5.73 Å². The molecule has 0 aliphatic heterocycles. The molecule has 2 rings (SSSR count). The lowest BCUT2D eigenvalue weighted by Crippen LogP contribution is -2.05. The molecule has 0 bridgehead atoms. The van der Waals surface area contributed by atoms with Crippen molar-refractivity contribution in [3.05, 3.63) is 41.8 Å². The van der Waals surface area contributed by atoms with Gasteiger partial charge in [0.1, 0.15) is 10.8 Å². The highest BCUT2D eigenvalue weighted by molar-refractivity contribution is 7.19. The minimum Gasteiger partial charge on any atom is -0.389 e. The van der Waals surface area contributed by atoms with Crippen molar-refractivity contribution in [3.8, 4) is 0 Å². The Hall–Kier alpha value is -1.62. The number of aromatic nitrogens is 1. The third-order valence-electron chi connectivity index (χ3n) is 2.23. The van der Waals surface area contributed by atoms with E-state index >= 15 is 0 Å². The molecule has 1 unspecified atom stereocenters. The minimum atomic E-state index is -0.227. The summed E-state index contributed by atoms with van der Waals surface area (Å²) in [5.74, 6) is -0.227. The fourth-order valence-electron chi connectivity index (χ4n) is 1.37. The second kappa shape index (κ2) is 4.49. The molecule has 3 N–H and O–H groups in total. The lowest BCUT2D eigenvalue weighted by Gasteiger charge is -2.12. The molecule has 1 aromatic heterocycles. The second-order valence-electron chi connectivity index (χ2n) is 3.49. The maximum Gasteiger partial charge on any atom is 0.185 e. The molecule has 5 heteroatoms. The number of rotatable bonds is 3. The molecule has 16 heavy (non-hydrogen) atoms. The normalized spacial score (nSPS) is 12.4. The van der Waals surface area contributed by atoms with Gasteiger partial charge in [-0.3, -0.25) is 0 Å². The summed E-state index contributed by atoms with van der Waals surface area (Å²) in [4.78, 5) is 4.11. The Balaban J connectivity index is 2.08. The predicted molar refractivity (Wildman–Crippen MR) is 65.0 cm³/mol. The summed E-state index contributed by atoms with van der Waals surface area (Å²) in [5, 5.41) is 4.65. The molecule has 0 amide bonds. The Morgan fingerprint density at radius 1 is 1.38 bits per heavy atom. The fourth-order valence-corrected chi connectivity index (χ4v) is 2.04. The molecule has 84 valence electrons. The van der Waals surface area contributed by atoms with Crippen LogP contribution in [0.4, 0.5) is 14.5 Å². The number of benzene rings is 1. The molecule has 1 atom stereocenters. The molecule has 0 saturated carbocycles. The van der Waals surface area contributed by atoms with Crippen molar-refractivity contribution in [3.63, 3.8) is 0 Å². The van der Waals surface area contributed by atoms with E-state index < -0.39 is 0 Å². The van der Waals surface area contributed by atoms with Gasteiger partial charge in [0.05, 0.1) is 12.2 Å². The summed E-state index contributed by atoms with van der Waals surface area (Å²) in [6, 6.07) is 6.48. The van der Waals surface area contributed by atoms with E-state index in [1.165, 1.54) is 23.5 Å². The van der Waals surface area contributed by atoms with E-state index in [1.807, 2.05) is 6.92 Å². The molecule has 0 radical (unpaired) electrons. The van der Waals surface area contributed by atoms with Gasteiger partial charge in [-0.15, -0.1) is 0 Å². The van der Waals surface area contributed by atoms with Gasteiger partial charge < -0.3 is 11.1 Å². The van der Waals surface area contributed by atoms with E-state index in [2.05, 4.69) is 10.3 Å². The average Bonchev–Trinajstić information content (AvgIpc) is 2.65. The highest BCUT2D eigenvalue weighted by Gasteiger charge is 2.07. The van der Waals surface area contributed by atoms with Gasteiger partial charge in [-0.25, -0.2) is 9.37 Å². The molecule has 1 aromatic carbocycles. The first-order valence-corrected chi connectivity index (χ1v) is 5.70. The summed E-state index contributed by atoms with van der Waals surface area (Å²) in [6.45, 7) is 1.99. The first kappa shape index (κ1) is 10.9. The van der Waals surface area contributed by atoms with Crippen LogP contribution in [0.25, 0.3) is 0 Å². The van der Waals surface area contributed by atoms with Crippen LogP contribution in [0.2, 0.25) is 0 Å². The number of nitrogens with zero attached hydrogens (tertiary/aromatic N) is 1. The van der Waals surface area contributed by atoms with Gasteiger partial charge in [-0.2, -0.15) is 0 Å². The third-order valence-corrected chi connectivity index (χ3v) is 2.99. The van der Waals surface area contributed by atoms with Gasteiger partial charge in [0.25, 0.3) is 0 Å². The van der Waals surface area contributed by atoms with Crippen LogP contribution < -0.4 is 11.1 Å². The topological polar surface area (TPSA) is 50.9 Å². The van der Waals surface area contributed by atoms with Crippen molar-refractivity contribution in [2.75, 3.05) is 11.1 Å². The van der Waals surface area contributed by atoms with Crippen LogP contribution >= 0.6 is 11.3 Å². The van der Waals surface area contributed by atoms with Crippen LogP contribution in [0.1, 0.15) is 18.5 Å². The highest BCUT2D eigenvalue weighted by atomic mass is 32.1. The molecule has 0 saturated heterocycles. The summed E-state index contributed by atoms with van der Waals surface area (Å²) >= 11 is 1.40. The van der Waals surface area contributed by atoms with Crippen LogP contribution in [0.3, 0.4) is 0 Å². The van der Waals surface area contributed by atoms with Crippen molar-refractivity contribution >= 4 is 21.5 Å². The summed E-state index contributed by atoms with van der Waals surface area (Å²) in [6.07, 6.45) is 1.62. The molecule has 0 spiro atoms. The number of thiazole rings is 1. The van der Waals surface area contributed by atoms with Crippen molar-refractivity contribution in [2.24, 2.45) is 0 Å². The number of nitrogen functional groups attached to an aromatic ring is 1. The third kappa shape index (κ3) is 2.49. The summed E-state index contributed by atoms with van der Waals surface area (Å²) in [5.41, 5.74) is 6.59. The van der Waals surface area contributed by atoms with E-state index in [9.17, 15) is 4.39 Å². The van der Waals surface area contributed by atoms with E-state index in [-0.39, 0.29) is 11.9 Å². The number of hydrogen-bond donors (Lipinski definition) is 2. The standard InChI is InChI=1S/C11H12FN3S/c1-7(8-2-4-9(12)5-3-8)15-11-14-6-10(13)16-11/h2-7H,13H2,1H3,(H,14,15). The lowest BCUT2D eigenvalue weighted by atomic mass is 10.1. The number of anilines is 2. The molecule has 0 fully saturated rings. The van der Waals surface area contributed by atoms with Gasteiger partial charge >= 0.3 is 0 Å². The van der Waals surface area contributed by atoms with Gasteiger partial charge in [0, 0.05) is 0 Å². The molecule has 3 nitrogen and oxygen atoms in total. The quantitative estimate of drug-likeness (QED) is 0.862. The molecule has 0 aliphatic carbocycles. The number of nitrogens with two attached hydrogens (primary N) is 1. The van der Waals surface area contributed by atoms with Crippen LogP contribution in [0, 0.1) is 5.82 Å². The summed E-state index contributed by atoms with van der Waals surface area (Å²) in [7, 11) is 0.